The minimum atomic E-state index is 0.269. The third-order valence-corrected chi connectivity index (χ3v) is 3.87. The Morgan fingerprint density at radius 3 is 3.00 bits per heavy atom. The maximum atomic E-state index is 5.71. The van der Waals surface area contributed by atoms with Gasteiger partial charge in [0, 0.05) is 43.6 Å². The highest BCUT2D eigenvalue weighted by Gasteiger charge is 2.12. The van der Waals surface area contributed by atoms with Crippen LogP contribution in [0.3, 0.4) is 0 Å². The second-order valence-electron chi connectivity index (χ2n) is 4.91. The van der Waals surface area contributed by atoms with Crippen LogP contribution in [0.1, 0.15) is 6.42 Å². The van der Waals surface area contributed by atoms with Gasteiger partial charge in [-0.2, -0.15) is 0 Å². The Labute approximate surface area is 136 Å². The van der Waals surface area contributed by atoms with E-state index in [9.17, 15) is 0 Å². The number of methoxy groups -OCH3 is 1. The summed E-state index contributed by atoms with van der Waals surface area (Å²) in [6.07, 6.45) is 6.54. The molecule has 3 aromatic heterocycles. The zero-order valence-electron chi connectivity index (χ0n) is 12.2. The lowest BCUT2D eigenvalue weighted by Gasteiger charge is -2.04. The molecule has 0 aliphatic carbocycles. The molecule has 0 aromatic carbocycles. The maximum Gasteiger partial charge on any atom is 0.220 e. The topological polar surface area (TPSA) is 78.9 Å². The number of aromatic nitrogens is 4. The minimum Gasteiger partial charge on any atom is -0.385 e. The normalized spacial score (nSPS) is 11.2. The number of fused-ring (bicyclic) bond motifs is 1. The lowest BCUT2D eigenvalue weighted by atomic mass is 10.1. The monoisotopic (exact) mass is 361 g/mol. The van der Waals surface area contributed by atoms with Crippen LogP contribution in [-0.4, -0.2) is 33.2 Å². The van der Waals surface area contributed by atoms with Gasteiger partial charge in [-0.3, -0.25) is 0 Å². The molecule has 0 spiro atoms. The standard InChI is InChI=1S/C15H16BrN5O/c1-22-6-2-5-21-9-11(12-3-4-18-15(17)20-12)10-7-14(16)19-8-13(10)21/h3-4,7-9H,2,5-6H2,1H3,(H2,17,18,20). The molecular weight excluding hydrogens is 346 g/mol. The van der Waals surface area contributed by atoms with Crippen LogP contribution in [0.5, 0.6) is 0 Å². The minimum absolute atomic E-state index is 0.269. The summed E-state index contributed by atoms with van der Waals surface area (Å²) in [5.41, 5.74) is 8.59. The van der Waals surface area contributed by atoms with Crippen molar-refractivity contribution in [3.05, 3.63) is 35.3 Å². The lowest BCUT2D eigenvalue weighted by molar-refractivity contribution is 0.190. The summed E-state index contributed by atoms with van der Waals surface area (Å²) in [5, 5.41) is 1.08. The first-order chi connectivity index (χ1) is 10.7. The van der Waals surface area contributed by atoms with Crippen LogP contribution in [-0.2, 0) is 11.3 Å². The number of rotatable bonds is 5. The summed E-state index contributed by atoms with van der Waals surface area (Å²) >= 11 is 3.43. The van der Waals surface area contributed by atoms with E-state index in [1.807, 2.05) is 18.3 Å². The average Bonchev–Trinajstić information content (AvgIpc) is 2.85. The fourth-order valence-electron chi connectivity index (χ4n) is 2.45. The highest BCUT2D eigenvalue weighted by atomic mass is 79.9. The maximum absolute atomic E-state index is 5.71. The third kappa shape index (κ3) is 2.95. The summed E-state index contributed by atoms with van der Waals surface area (Å²) in [7, 11) is 1.71. The molecule has 114 valence electrons. The first-order valence-electron chi connectivity index (χ1n) is 6.91. The van der Waals surface area contributed by atoms with Crippen molar-refractivity contribution in [1.29, 1.82) is 0 Å². The third-order valence-electron chi connectivity index (χ3n) is 3.43. The number of ether oxygens (including phenoxy) is 1. The Balaban J connectivity index is 2.10. The van der Waals surface area contributed by atoms with Gasteiger partial charge in [0.15, 0.2) is 0 Å². The summed E-state index contributed by atoms with van der Waals surface area (Å²) in [4.78, 5) is 12.6. The van der Waals surface area contributed by atoms with Gasteiger partial charge in [0.2, 0.25) is 5.95 Å². The Kier molecular flexibility index (Phi) is 4.35. The van der Waals surface area contributed by atoms with Crippen LogP contribution in [0.2, 0.25) is 0 Å². The van der Waals surface area contributed by atoms with E-state index < -0.39 is 0 Å². The molecular formula is C15H16BrN5O. The Morgan fingerprint density at radius 1 is 1.36 bits per heavy atom. The van der Waals surface area contributed by atoms with Crippen molar-refractivity contribution >= 4 is 32.8 Å². The molecule has 3 aromatic rings. The van der Waals surface area contributed by atoms with E-state index in [4.69, 9.17) is 10.5 Å². The fourth-order valence-corrected chi connectivity index (χ4v) is 2.79. The van der Waals surface area contributed by atoms with E-state index in [-0.39, 0.29) is 5.95 Å². The lowest BCUT2D eigenvalue weighted by Crippen LogP contribution is -2.00. The molecule has 3 rings (SSSR count). The molecule has 0 aliphatic rings. The number of halogens is 1. The predicted molar refractivity (Wildman–Crippen MR) is 89.4 cm³/mol. The van der Waals surface area contributed by atoms with Crippen LogP contribution < -0.4 is 5.73 Å². The molecule has 0 saturated heterocycles. The number of pyridine rings is 1. The molecule has 0 bridgehead atoms. The summed E-state index contributed by atoms with van der Waals surface area (Å²) < 4.78 is 8.09. The Bertz CT molecular complexity index is 802. The Hall–Kier alpha value is -1.99. The van der Waals surface area contributed by atoms with E-state index in [0.29, 0.717) is 0 Å². The molecule has 6 nitrogen and oxygen atoms in total. The van der Waals surface area contributed by atoms with Crippen molar-refractivity contribution in [3.8, 4) is 11.3 Å². The molecule has 7 heteroatoms. The summed E-state index contributed by atoms with van der Waals surface area (Å²) in [5.74, 6) is 0.269. The van der Waals surface area contributed by atoms with E-state index in [2.05, 4.69) is 41.6 Å². The zero-order chi connectivity index (χ0) is 15.5. The van der Waals surface area contributed by atoms with Gasteiger partial charge in [0.05, 0.1) is 17.4 Å². The SMILES string of the molecule is COCCCn1cc(-c2ccnc(N)n2)c2cc(Br)ncc21. The molecule has 0 fully saturated rings. The van der Waals surface area contributed by atoms with Crippen molar-refractivity contribution in [2.24, 2.45) is 0 Å². The number of nitrogen functional groups attached to an aromatic ring is 1. The number of anilines is 1. The molecule has 0 radical (unpaired) electrons. The number of nitrogens with two attached hydrogens (primary N) is 1. The van der Waals surface area contributed by atoms with Gasteiger partial charge in [-0.05, 0) is 34.5 Å². The van der Waals surface area contributed by atoms with Gasteiger partial charge in [-0.1, -0.05) is 0 Å². The Morgan fingerprint density at radius 2 is 2.23 bits per heavy atom. The highest BCUT2D eigenvalue weighted by Crippen LogP contribution is 2.31. The van der Waals surface area contributed by atoms with E-state index in [1.165, 1.54) is 0 Å². The fraction of sp³-hybridized carbons (Fsp3) is 0.267. The average molecular weight is 362 g/mol. The molecule has 0 saturated carbocycles. The number of hydrogen-bond donors (Lipinski definition) is 1. The van der Waals surface area contributed by atoms with E-state index >= 15 is 0 Å². The summed E-state index contributed by atoms with van der Waals surface area (Å²) in [6.45, 7) is 1.58. The van der Waals surface area contributed by atoms with Crippen molar-refractivity contribution in [2.45, 2.75) is 13.0 Å². The van der Waals surface area contributed by atoms with Crippen molar-refractivity contribution < 1.29 is 4.74 Å². The van der Waals surface area contributed by atoms with E-state index in [0.717, 1.165) is 46.3 Å². The predicted octanol–water partition coefficient (Wildman–Crippen LogP) is 2.87. The first-order valence-corrected chi connectivity index (χ1v) is 7.70. The zero-order valence-corrected chi connectivity index (χ0v) is 13.7. The van der Waals surface area contributed by atoms with Crippen LogP contribution in [0, 0.1) is 0 Å². The van der Waals surface area contributed by atoms with Crippen molar-refractivity contribution in [3.63, 3.8) is 0 Å². The van der Waals surface area contributed by atoms with Gasteiger partial charge < -0.3 is 15.0 Å². The van der Waals surface area contributed by atoms with Gasteiger partial charge >= 0.3 is 0 Å². The summed E-state index contributed by atoms with van der Waals surface area (Å²) in [6, 6.07) is 3.86. The number of aryl methyl sites for hydroxylation is 1. The first kappa shape index (κ1) is 14.9. The second-order valence-corrected chi connectivity index (χ2v) is 5.72. The van der Waals surface area contributed by atoms with Gasteiger partial charge in [0.1, 0.15) is 4.60 Å². The largest absolute Gasteiger partial charge is 0.385 e. The molecule has 22 heavy (non-hydrogen) atoms. The smallest absolute Gasteiger partial charge is 0.220 e. The quantitative estimate of drug-likeness (QED) is 0.558. The number of nitrogens with zero attached hydrogens (tertiary/aromatic N) is 4. The van der Waals surface area contributed by atoms with Gasteiger partial charge in [-0.25, -0.2) is 15.0 Å². The van der Waals surface area contributed by atoms with Crippen LogP contribution in [0.25, 0.3) is 22.2 Å². The number of hydrogen-bond acceptors (Lipinski definition) is 5. The van der Waals surface area contributed by atoms with Crippen LogP contribution in [0.4, 0.5) is 5.95 Å². The molecule has 3 heterocycles. The molecule has 0 unspecified atom stereocenters. The van der Waals surface area contributed by atoms with Crippen molar-refractivity contribution in [2.75, 3.05) is 19.5 Å². The molecule has 2 N–H and O–H groups in total. The van der Waals surface area contributed by atoms with E-state index in [1.54, 1.807) is 13.3 Å². The molecule has 0 aliphatic heterocycles. The molecule has 0 amide bonds. The second kappa shape index (κ2) is 6.41. The van der Waals surface area contributed by atoms with Crippen LogP contribution in [0.15, 0.2) is 35.3 Å². The highest BCUT2D eigenvalue weighted by molar-refractivity contribution is 9.10. The van der Waals surface area contributed by atoms with Gasteiger partial charge in [-0.15, -0.1) is 0 Å². The molecule has 0 atom stereocenters. The van der Waals surface area contributed by atoms with Crippen LogP contribution >= 0.6 is 15.9 Å². The van der Waals surface area contributed by atoms with Crippen molar-refractivity contribution in [1.82, 2.24) is 19.5 Å². The van der Waals surface area contributed by atoms with Gasteiger partial charge in [0.25, 0.3) is 0 Å².